The summed E-state index contributed by atoms with van der Waals surface area (Å²) >= 11 is 0. The van der Waals surface area contributed by atoms with Gasteiger partial charge in [-0.25, -0.2) is 0 Å². The SMILES string of the molecule is CCCCCCCCCCCCCCN(CC(O)CO)C(=O)CCCO. The predicted octanol–water partition coefficient (Wildman–Crippen LogP) is 3.64. The number of nitrogens with zero attached hydrogens (tertiary/aromatic N) is 1. The molecule has 156 valence electrons. The fourth-order valence-corrected chi connectivity index (χ4v) is 3.16. The minimum Gasteiger partial charge on any atom is -0.396 e. The molecule has 0 aromatic carbocycles. The molecule has 5 nitrogen and oxygen atoms in total. The molecule has 1 atom stereocenters. The fourth-order valence-electron chi connectivity index (χ4n) is 3.16. The smallest absolute Gasteiger partial charge is 0.222 e. The monoisotopic (exact) mass is 373 g/mol. The molecular formula is C21H43NO4. The molecule has 0 aliphatic carbocycles. The van der Waals surface area contributed by atoms with Gasteiger partial charge in [-0.05, 0) is 12.8 Å². The molecule has 0 bridgehead atoms. The molecule has 0 fully saturated rings. The lowest BCUT2D eigenvalue weighted by atomic mass is 10.1. The van der Waals surface area contributed by atoms with Crippen molar-refractivity contribution in [3.05, 3.63) is 0 Å². The van der Waals surface area contributed by atoms with Gasteiger partial charge in [-0.1, -0.05) is 77.6 Å². The lowest BCUT2D eigenvalue weighted by molar-refractivity contribution is -0.133. The number of hydrogen-bond donors (Lipinski definition) is 3. The van der Waals surface area contributed by atoms with Crippen LogP contribution in [0.2, 0.25) is 0 Å². The molecular weight excluding hydrogens is 330 g/mol. The van der Waals surface area contributed by atoms with Crippen LogP contribution >= 0.6 is 0 Å². The van der Waals surface area contributed by atoms with Crippen molar-refractivity contribution in [2.45, 2.75) is 103 Å². The van der Waals surface area contributed by atoms with Crippen molar-refractivity contribution in [2.75, 3.05) is 26.3 Å². The summed E-state index contributed by atoms with van der Waals surface area (Å²) in [7, 11) is 0. The van der Waals surface area contributed by atoms with Gasteiger partial charge in [-0.2, -0.15) is 0 Å². The van der Waals surface area contributed by atoms with E-state index in [4.69, 9.17) is 10.2 Å². The number of carbonyl (C=O) groups is 1. The van der Waals surface area contributed by atoms with Crippen LogP contribution in [-0.2, 0) is 4.79 Å². The molecule has 0 aliphatic rings. The first-order valence-corrected chi connectivity index (χ1v) is 10.8. The van der Waals surface area contributed by atoms with Crippen molar-refractivity contribution in [1.82, 2.24) is 4.90 Å². The summed E-state index contributed by atoms with van der Waals surface area (Å²) in [5, 5.41) is 27.4. The maximum Gasteiger partial charge on any atom is 0.222 e. The summed E-state index contributed by atoms with van der Waals surface area (Å²) in [6.07, 6.45) is 15.1. The van der Waals surface area contributed by atoms with Crippen LogP contribution < -0.4 is 0 Å². The van der Waals surface area contributed by atoms with Gasteiger partial charge in [-0.15, -0.1) is 0 Å². The molecule has 1 amide bonds. The highest BCUT2D eigenvalue weighted by Gasteiger charge is 2.16. The third kappa shape index (κ3) is 15.6. The largest absolute Gasteiger partial charge is 0.396 e. The summed E-state index contributed by atoms with van der Waals surface area (Å²) in [6.45, 7) is 2.72. The van der Waals surface area contributed by atoms with Crippen LogP contribution in [0.25, 0.3) is 0 Å². The molecule has 0 radical (unpaired) electrons. The highest BCUT2D eigenvalue weighted by atomic mass is 16.3. The topological polar surface area (TPSA) is 81.0 Å². The van der Waals surface area contributed by atoms with Gasteiger partial charge in [0.25, 0.3) is 0 Å². The Hall–Kier alpha value is -0.650. The van der Waals surface area contributed by atoms with E-state index in [1.54, 1.807) is 4.90 Å². The van der Waals surface area contributed by atoms with E-state index < -0.39 is 6.10 Å². The minimum absolute atomic E-state index is 0.000732. The molecule has 0 saturated heterocycles. The van der Waals surface area contributed by atoms with E-state index in [-0.39, 0.29) is 25.7 Å². The zero-order valence-electron chi connectivity index (χ0n) is 17.0. The van der Waals surface area contributed by atoms with E-state index in [2.05, 4.69) is 6.92 Å². The summed E-state index contributed by atoms with van der Waals surface area (Å²) in [5.41, 5.74) is 0. The number of carbonyl (C=O) groups excluding carboxylic acids is 1. The second-order valence-corrected chi connectivity index (χ2v) is 7.39. The van der Waals surface area contributed by atoms with Crippen LogP contribution in [-0.4, -0.2) is 58.5 Å². The summed E-state index contributed by atoms with van der Waals surface area (Å²) < 4.78 is 0. The number of unbranched alkanes of at least 4 members (excludes halogenated alkanes) is 11. The molecule has 0 rings (SSSR count). The summed E-state index contributed by atoms with van der Waals surface area (Å²) in [4.78, 5) is 13.7. The number of amides is 1. The quantitative estimate of drug-likeness (QED) is 0.302. The highest BCUT2D eigenvalue weighted by Crippen LogP contribution is 2.12. The van der Waals surface area contributed by atoms with Gasteiger partial charge in [0.05, 0.1) is 12.7 Å². The first kappa shape index (κ1) is 25.4. The van der Waals surface area contributed by atoms with Crippen LogP contribution in [0.3, 0.4) is 0 Å². The van der Waals surface area contributed by atoms with E-state index in [0.717, 1.165) is 12.8 Å². The minimum atomic E-state index is -0.884. The van der Waals surface area contributed by atoms with Gasteiger partial charge in [0, 0.05) is 26.1 Å². The van der Waals surface area contributed by atoms with Gasteiger partial charge < -0.3 is 20.2 Å². The Morgan fingerprint density at radius 2 is 1.31 bits per heavy atom. The van der Waals surface area contributed by atoms with E-state index >= 15 is 0 Å². The van der Waals surface area contributed by atoms with Crippen LogP contribution in [0.15, 0.2) is 0 Å². The molecule has 0 spiro atoms. The van der Waals surface area contributed by atoms with Crippen LogP contribution in [0.5, 0.6) is 0 Å². The Labute approximate surface area is 160 Å². The second-order valence-electron chi connectivity index (χ2n) is 7.39. The fraction of sp³-hybridized carbons (Fsp3) is 0.952. The van der Waals surface area contributed by atoms with E-state index in [9.17, 15) is 9.90 Å². The maximum absolute atomic E-state index is 12.1. The molecule has 3 N–H and O–H groups in total. The second kappa shape index (κ2) is 19.1. The lowest BCUT2D eigenvalue weighted by Gasteiger charge is -2.24. The first-order valence-electron chi connectivity index (χ1n) is 10.8. The van der Waals surface area contributed by atoms with Crippen molar-refractivity contribution in [2.24, 2.45) is 0 Å². The molecule has 0 aromatic heterocycles. The molecule has 0 aromatic rings. The molecule has 0 aliphatic heterocycles. The third-order valence-corrected chi connectivity index (χ3v) is 4.82. The Morgan fingerprint density at radius 3 is 1.77 bits per heavy atom. The van der Waals surface area contributed by atoms with Crippen LogP contribution in [0, 0.1) is 0 Å². The Bertz CT molecular complexity index is 312. The lowest BCUT2D eigenvalue weighted by Crippen LogP contribution is -2.39. The molecule has 26 heavy (non-hydrogen) atoms. The number of aliphatic hydroxyl groups excluding tert-OH is 3. The number of aliphatic hydroxyl groups is 3. The van der Waals surface area contributed by atoms with Crippen molar-refractivity contribution >= 4 is 5.91 Å². The van der Waals surface area contributed by atoms with Gasteiger partial charge in [0.2, 0.25) is 5.91 Å². The van der Waals surface area contributed by atoms with Crippen LogP contribution in [0.1, 0.15) is 96.8 Å². The standard InChI is InChI=1S/C21H43NO4/c1-2-3-4-5-6-7-8-9-10-11-12-13-16-22(18-20(25)19-24)21(26)15-14-17-23/h20,23-25H,2-19H2,1H3. The van der Waals surface area contributed by atoms with E-state index in [1.165, 1.54) is 64.2 Å². The Kier molecular flexibility index (Phi) is 18.6. The first-order chi connectivity index (χ1) is 12.7. The Morgan fingerprint density at radius 1 is 0.808 bits per heavy atom. The van der Waals surface area contributed by atoms with Crippen molar-refractivity contribution in [3.8, 4) is 0 Å². The number of hydrogen-bond acceptors (Lipinski definition) is 4. The van der Waals surface area contributed by atoms with Crippen LogP contribution in [0.4, 0.5) is 0 Å². The molecule has 0 saturated carbocycles. The summed E-state index contributed by atoms with van der Waals surface area (Å²) in [5.74, 6) is -0.0466. The zero-order chi connectivity index (χ0) is 19.5. The Balaban J connectivity index is 3.69. The molecule has 5 heteroatoms. The van der Waals surface area contributed by atoms with Gasteiger partial charge in [-0.3, -0.25) is 4.79 Å². The van der Waals surface area contributed by atoms with Gasteiger partial charge in [0.15, 0.2) is 0 Å². The average Bonchev–Trinajstić information content (AvgIpc) is 2.65. The van der Waals surface area contributed by atoms with Gasteiger partial charge >= 0.3 is 0 Å². The molecule has 1 unspecified atom stereocenters. The van der Waals surface area contributed by atoms with Crippen molar-refractivity contribution in [1.29, 1.82) is 0 Å². The van der Waals surface area contributed by atoms with Crippen molar-refractivity contribution in [3.63, 3.8) is 0 Å². The normalized spacial score (nSPS) is 12.3. The van der Waals surface area contributed by atoms with E-state index in [1.807, 2.05) is 0 Å². The predicted molar refractivity (Wildman–Crippen MR) is 107 cm³/mol. The molecule has 0 heterocycles. The van der Waals surface area contributed by atoms with E-state index in [0.29, 0.717) is 19.4 Å². The van der Waals surface area contributed by atoms with Crippen molar-refractivity contribution < 1.29 is 20.1 Å². The number of rotatable bonds is 19. The highest BCUT2D eigenvalue weighted by molar-refractivity contribution is 5.76. The zero-order valence-corrected chi connectivity index (χ0v) is 17.0. The van der Waals surface area contributed by atoms with Gasteiger partial charge in [0.1, 0.15) is 0 Å². The maximum atomic E-state index is 12.1. The summed E-state index contributed by atoms with van der Waals surface area (Å²) in [6, 6.07) is 0. The third-order valence-electron chi connectivity index (χ3n) is 4.82. The average molecular weight is 374 g/mol.